The molecule has 0 aliphatic carbocycles. The topological polar surface area (TPSA) is 92.8 Å². The molecule has 1 N–H and O–H groups in total. The number of hydrogen-bond acceptors (Lipinski definition) is 6. The molecule has 0 radical (unpaired) electrons. The third-order valence-corrected chi connectivity index (χ3v) is 6.66. The molecule has 178 valence electrons. The Balaban J connectivity index is 1.87. The molecular weight excluding hydrogens is 439 g/mol. The highest BCUT2D eigenvalue weighted by atomic mass is 19.1. The molecule has 2 aromatic rings. The number of ketones is 1. The van der Waals surface area contributed by atoms with E-state index in [-0.39, 0.29) is 24.5 Å². The SMILES string of the molecule is CCC[C@@]1(C(=O)OCC)N[C@@H](c2cccc(F)c2)[C@H]2C(=O)N(c3cccc(C(C)=O)c3)C(=O)[C@H]21. The summed E-state index contributed by atoms with van der Waals surface area (Å²) < 4.78 is 19.5. The molecule has 2 amide bonds. The van der Waals surface area contributed by atoms with Crippen LogP contribution in [-0.4, -0.2) is 35.7 Å². The van der Waals surface area contributed by atoms with Gasteiger partial charge in [0.05, 0.1) is 24.1 Å². The van der Waals surface area contributed by atoms with Crippen LogP contribution in [0.25, 0.3) is 0 Å². The van der Waals surface area contributed by atoms with Crippen LogP contribution in [-0.2, 0) is 19.1 Å². The molecule has 2 heterocycles. The first-order valence-electron chi connectivity index (χ1n) is 11.4. The Bertz CT molecular complexity index is 1170. The largest absolute Gasteiger partial charge is 0.465 e. The van der Waals surface area contributed by atoms with Gasteiger partial charge in [0.25, 0.3) is 0 Å². The zero-order valence-corrected chi connectivity index (χ0v) is 19.3. The van der Waals surface area contributed by atoms with Crippen LogP contribution in [0.3, 0.4) is 0 Å². The van der Waals surface area contributed by atoms with Gasteiger partial charge in [-0.1, -0.05) is 37.6 Å². The van der Waals surface area contributed by atoms with Crippen LogP contribution >= 0.6 is 0 Å². The van der Waals surface area contributed by atoms with E-state index in [1.807, 2.05) is 6.92 Å². The Hall–Kier alpha value is -3.39. The van der Waals surface area contributed by atoms with E-state index in [1.54, 1.807) is 31.2 Å². The monoisotopic (exact) mass is 466 g/mol. The zero-order chi connectivity index (χ0) is 24.6. The number of imide groups is 1. The first-order chi connectivity index (χ1) is 16.2. The predicted octanol–water partition coefficient (Wildman–Crippen LogP) is 3.58. The maximum atomic E-state index is 14.1. The van der Waals surface area contributed by atoms with E-state index in [1.165, 1.54) is 31.2 Å². The summed E-state index contributed by atoms with van der Waals surface area (Å²) >= 11 is 0. The highest BCUT2D eigenvalue weighted by Crippen LogP contribution is 2.51. The maximum Gasteiger partial charge on any atom is 0.327 e. The molecule has 0 aromatic heterocycles. The van der Waals surface area contributed by atoms with Crippen molar-refractivity contribution in [3.05, 3.63) is 65.5 Å². The highest BCUT2D eigenvalue weighted by molar-refractivity contribution is 6.24. The number of benzene rings is 2. The highest BCUT2D eigenvalue weighted by Gasteiger charge is 2.68. The molecule has 0 spiro atoms. The summed E-state index contributed by atoms with van der Waals surface area (Å²) in [4.78, 5) is 53.8. The van der Waals surface area contributed by atoms with Gasteiger partial charge in [-0.2, -0.15) is 0 Å². The van der Waals surface area contributed by atoms with Crippen LogP contribution < -0.4 is 10.2 Å². The number of Topliss-reactive ketones (excluding diaryl/α,β-unsaturated/α-hetero) is 1. The number of nitrogens with zero attached hydrogens (tertiary/aromatic N) is 1. The number of ether oxygens (including phenoxy) is 1. The lowest BCUT2D eigenvalue weighted by Gasteiger charge is -2.32. The summed E-state index contributed by atoms with van der Waals surface area (Å²) in [5, 5.41) is 3.23. The lowest BCUT2D eigenvalue weighted by Crippen LogP contribution is -2.56. The van der Waals surface area contributed by atoms with Gasteiger partial charge in [-0.25, -0.2) is 9.29 Å². The van der Waals surface area contributed by atoms with Gasteiger partial charge in [-0.05, 0) is 50.1 Å². The van der Waals surface area contributed by atoms with Gasteiger partial charge in [-0.3, -0.25) is 24.5 Å². The van der Waals surface area contributed by atoms with E-state index in [0.717, 1.165) is 4.90 Å². The fourth-order valence-electron chi connectivity index (χ4n) is 5.28. The summed E-state index contributed by atoms with van der Waals surface area (Å²) in [6.07, 6.45) is 0.811. The summed E-state index contributed by atoms with van der Waals surface area (Å²) in [6, 6.07) is 11.3. The standard InChI is InChI=1S/C26H27FN2O5/c1-4-12-26(25(33)34-5-2)21-20(22(28-26)17-9-6-10-18(27)13-17)23(31)29(24(21)32)19-11-7-8-16(14-19)15(3)30/h6-11,13-14,20-22,28H,4-5,12H2,1-3H3/t20-,21-,22-,26+/m0/s1. The molecule has 8 heteroatoms. The van der Waals surface area contributed by atoms with Crippen molar-refractivity contribution in [1.29, 1.82) is 0 Å². The lowest BCUT2D eigenvalue weighted by molar-refractivity contribution is -0.155. The molecular formula is C26H27FN2O5. The molecule has 2 fully saturated rings. The second kappa shape index (κ2) is 9.10. The van der Waals surface area contributed by atoms with E-state index in [2.05, 4.69) is 5.32 Å². The minimum Gasteiger partial charge on any atom is -0.465 e. The number of carbonyl (C=O) groups excluding carboxylic acids is 4. The average Bonchev–Trinajstić information content (AvgIpc) is 3.28. The number of anilines is 1. The van der Waals surface area contributed by atoms with Crippen LogP contribution in [0.2, 0.25) is 0 Å². The third-order valence-electron chi connectivity index (χ3n) is 6.66. The Kier molecular flexibility index (Phi) is 6.36. The maximum absolute atomic E-state index is 14.1. The average molecular weight is 467 g/mol. The molecule has 4 atom stereocenters. The third kappa shape index (κ3) is 3.72. The lowest BCUT2D eigenvalue weighted by atomic mass is 9.77. The second-order valence-corrected chi connectivity index (χ2v) is 8.74. The zero-order valence-electron chi connectivity index (χ0n) is 19.3. The van der Waals surface area contributed by atoms with E-state index < -0.39 is 47.0 Å². The summed E-state index contributed by atoms with van der Waals surface area (Å²) in [5.74, 6) is -4.30. The van der Waals surface area contributed by atoms with Crippen molar-refractivity contribution in [1.82, 2.24) is 5.32 Å². The quantitative estimate of drug-likeness (QED) is 0.381. The molecule has 4 rings (SSSR count). The van der Waals surface area contributed by atoms with Crippen LogP contribution in [0, 0.1) is 17.7 Å². The smallest absolute Gasteiger partial charge is 0.327 e. The van der Waals surface area contributed by atoms with Crippen molar-refractivity contribution in [2.75, 3.05) is 11.5 Å². The molecule has 0 saturated carbocycles. The van der Waals surface area contributed by atoms with Gasteiger partial charge in [0, 0.05) is 11.6 Å². The van der Waals surface area contributed by atoms with Crippen LogP contribution in [0.1, 0.15) is 55.6 Å². The molecule has 2 aliphatic rings. The van der Waals surface area contributed by atoms with E-state index in [4.69, 9.17) is 4.74 Å². The number of rotatable bonds is 7. The molecule has 0 unspecified atom stereocenters. The van der Waals surface area contributed by atoms with Crippen molar-refractivity contribution >= 4 is 29.3 Å². The Morgan fingerprint density at radius 1 is 1.09 bits per heavy atom. The number of nitrogens with one attached hydrogen (secondary N) is 1. The normalized spacial score (nSPS) is 26.0. The Morgan fingerprint density at radius 2 is 1.82 bits per heavy atom. The summed E-state index contributed by atoms with van der Waals surface area (Å²) in [6.45, 7) is 5.07. The Labute approximate surface area is 197 Å². The number of amides is 2. The summed E-state index contributed by atoms with van der Waals surface area (Å²) in [5.41, 5.74) is -0.339. The number of fused-ring (bicyclic) bond motifs is 1. The first-order valence-corrected chi connectivity index (χ1v) is 11.4. The molecule has 2 aliphatic heterocycles. The summed E-state index contributed by atoms with van der Waals surface area (Å²) in [7, 11) is 0. The molecule has 2 aromatic carbocycles. The van der Waals surface area contributed by atoms with Crippen molar-refractivity contribution in [2.24, 2.45) is 11.8 Å². The van der Waals surface area contributed by atoms with E-state index >= 15 is 0 Å². The van der Waals surface area contributed by atoms with Crippen LogP contribution in [0.5, 0.6) is 0 Å². The van der Waals surface area contributed by atoms with Gasteiger partial charge in [0.2, 0.25) is 11.8 Å². The van der Waals surface area contributed by atoms with Crippen molar-refractivity contribution in [3.8, 4) is 0 Å². The van der Waals surface area contributed by atoms with Crippen molar-refractivity contribution < 1.29 is 28.3 Å². The van der Waals surface area contributed by atoms with Gasteiger partial charge >= 0.3 is 5.97 Å². The Morgan fingerprint density at radius 3 is 2.47 bits per heavy atom. The number of hydrogen-bond donors (Lipinski definition) is 1. The number of carbonyl (C=O) groups is 4. The number of esters is 1. The fourth-order valence-corrected chi connectivity index (χ4v) is 5.28. The van der Waals surface area contributed by atoms with Gasteiger partial charge in [0.15, 0.2) is 5.78 Å². The van der Waals surface area contributed by atoms with Crippen LogP contribution in [0.4, 0.5) is 10.1 Å². The molecule has 34 heavy (non-hydrogen) atoms. The van der Waals surface area contributed by atoms with Gasteiger partial charge in [-0.15, -0.1) is 0 Å². The predicted molar refractivity (Wildman–Crippen MR) is 122 cm³/mol. The molecule has 0 bridgehead atoms. The molecule has 7 nitrogen and oxygen atoms in total. The van der Waals surface area contributed by atoms with Crippen LogP contribution in [0.15, 0.2) is 48.5 Å². The fraction of sp³-hybridized carbons (Fsp3) is 0.385. The van der Waals surface area contributed by atoms with Crippen molar-refractivity contribution in [2.45, 2.75) is 45.2 Å². The van der Waals surface area contributed by atoms with Gasteiger partial charge < -0.3 is 4.74 Å². The minimum absolute atomic E-state index is 0.112. The second-order valence-electron chi connectivity index (χ2n) is 8.74. The van der Waals surface area contributed by atoms with Crippen molar-refractivity contribution in [3.63, 3.8) is 0 Å². The van der Waals surface area contributed by atoms with E-state index in [0.29, 0.717) is 17.5 Å². The minimum atomic E-state index is -1.44. The number of halogens is 1. The first kappa shape index (κ1) is 23.8. The molecule has 2 saturated heterocycles. The van der Waals surface area contributed by atoms with Gasteiger partial charge in [0.1, 0.15) is 11.4 Å². The van der Waals surface area contributed by atoms with E-state index in [9.17, 15) is 23.6 Å².